The Hall–Kier alpha value is -0.950. The number of morpholine rings is 1. The molecule has 4 rings (SSSR count). The maximum absolute atomic E-state index is 12.5. The predicted octanol–water partition coefficient (Wildman–Crippen LogP) is 1.53. The van der Waals surface area contributed by atoms with Crippen LogP contribution >= 0.6 is 0 Å². The van der Waals surface area contributed by atoms with E-state index in [-0.39, 0.29) is 6.04 Å². The summed E-state index contributed by atoms with van der Waals surface area (Å²) in [7, 11) is -3.44. The summed E-state index contributed by atoms with van der Waals surface area (Å²) >= 11 is 0. The van der Waals surface area contributed by atoms with Gasteiger partial charge in [0.25, 0.3) is 0 Å². The molecule has 1 aromatic carbocycles. The van der Waals surface area contributed by atoms with E-state index < -0.39 is 10.0 Å². The lowest BCUT2D eigenvalue weighted by atomic mass is 10.1. The van der Waals surface area contributed by atoms with Crippen molar-refractivity contribution in [3.8, 4) is 0 Å². The van der Waals surface area contributed by atoms with Gasteiger partial charge in [-0.25, -0.2) is 13.1 Å². The fourth-order valence-corrected chi connectivity index (χ4v) is 4.98. The van der Waals surface area contributed by atoms with Crippen molar-refractivity contribution in [3.63, 3.8) is 0 Å². The van der Waals surface area contributed by atoms with Crippen LogP contribution in [0, 0.1) is 12.8 Å². The number of benzene rings is 1. The number of rotatable bonds is 4. The van der Waals surface area contributed by atoms with Crippen molar-refractivity contribution in [3.05, 3.63) is 29.8 Å². The second kappa shape index (κ2) is 5.84. The van der Waals surface area contributed by atoms with E-state index in [2.05, 4.69) is 9.62 Å². The quantitative estimate of drug-likeness (QED) is 0.906. The Morgan fingerprint density at radius 2 is 1.91 bits per heavy atom. The van der Waals surface area contributed by atoms with E-state index in [4.69, 9.17) is 4.74 Å². The molecule has 1 aliphatic carbocycles. The molecule has 0 spiro atoms. The maximum Gasteiger partial charge on any atom is 0.240 e. The summed E-state index contributed by atoms with van der Waals surface area (Å²) < 4.78 is 33.9. The van der Waals surface area contributed by atoms with Crippen molar-refractivity contribution in [2.45, 2.75) is 49.3 Å². The van der Waals surface area contributed by atoms with E-state index in [0.29, 0.717) is 17.0 Å². The van der Waals surface area contributed by atoms with Crippen molar-refractivity contribution in [2.75, 3.05) is 19.7 Å². The Bertz CT molecular complexity index is 670. The third-order valence-electron chi connectivity index (χ3n) is 5.25. The lowest BCUT2D eigenvalue weighted by Crippen LogP contribution is -2.47. The Balaban J connectivity index is 1.40. The molecule has 2 heterocycles. The van der Waals surface area contributed by atoms with E-state index in [1.807, 2.05) is 19.1 Å². The predicted molar refractivity (Wildman–Crippen MR) is 87.7 cm³/mol. The van der Waals surface area contributed by atoms with Gasteiger partial charge in [-0.3, -0.25) is 4.90 Å². The van der Waals surface area contributed by atoms with E-state index in [1.165, 1.54) is 12.8 Å². The highest BCUT2D eigenvalue weighted by Gasteiger charge is 2.43. The molecule has 3 fully saturated rings. The molecule has 3 atom stereocenters. The summed E-state index contributed by atoms with van der Waals surface area (Å²) in [6.45, 7) is 4.44. The minimum Gasteiger partial charge on any atom is -0.375 e. The molecule has 5 nitrogen and oxygen atoms in total. The summed E-state index contributed by atoms with van der Waals surface area (Å²) in [5.41, 5.74) is 1.06. The number of aryl methyl sites for hydroxylation is 1. The number of fused-ring (bicyclic) bond motifs is 1. The average Bonchev–Trinajstić information content (AvgIpc) is 3.28. The van der Waals surface area contributed by atoms with Gasteiger partial charge >= 0.3 is 0 Å². The van der Waals surface area contributed by atoms with Crippen molar-refractivity contribution in [1.29, 1.82) is 0 Å². The molecule has 1 N–H and O–H groups in total. The number of hydrogen-bond donors (Lipinski definition) is 1. The number of sulfonamides is 1. The highest BCUT2D eigenvalue weighted by molar-refractivity contribution is 7.89. The van der Waals surface area contributed by atoms with E-state index in [0.717, 1.165) is 37.6 Å². The highest BCUT2D eigenvalue weighted by Crippen LogP contribution is 2.38. The zero-order valence-electron chi connectivity index (χ0n) is 13.4. The van der Waals surface area contributed by atoms with Crippen LogP contribution in [-0.2, 0) is 14.8 Å². The normalized spacial score (nSPS) is 32.0. The first-order valence-electron chi connectivity index (χ1n) is 8.46. The molecule has 126 valence electrons. The molecule has 2 aliphatic heterocycles. The van der Waals surface area contributed by atoms with Gasteiger partial charge in [0.05, 0.1) is 17.6 Å². The van der Waals surface area contributed by atoms with Gasteiger partial charge in [-0.1, -0.05) is 17.7 Å². The molecular weight excluding hydrogens is 312 g/mol. The van der Waals surface area contributed by atoms with Gasteiger partial charge in [-0.05, 0) is 44.2 Å². The fourth-order valence-electron chi connectivity index (χ4n) is 3.74. The largest absolute Gasteiger partial charge is 0.375 e. The number of ether oxygens (including phenoxy) is 1. The van der Waals surface area contributed by atoms with Gasteiger partial charge in [0.15, 0.2) is 0 Å². The lowest BCUT2D eigenvalue weighted by Gasteiger charge is -2.35. The molecule has 0 bridgehead atoms. The van der Waals surface area contributed by atoms with Crippen molar-refractivity contribution >= 4 is 10.0 Å². The Morgan fingerprint density at radius 3 is 2.61 bits per heavy atom. The van der Waals surface area contributed by atoms with Gasteiger partial charge in [0.2, 0.25) is 10.0 Å². The smallest absolute Gasteiger partial charge is 0.240 e. The topological polar surface area (TPSA) is 58.6 Å². The molecular formula is C17H24N2O3S. The Kier molecular flexibility index (Phi) is 3.96. The summed E-state index contributed by atoms with van der Waals surface area (Å²) in [6.07, 6.45) is 3.76. The second-order valence-electron chi connectivity index (χ2n) is 7.18. The molecule has 3 aliphatic rings. The van der Waals surface area contributed by atoms with Crippen molar-refractivity contribution in [1.82, 2.24) is 9.62 Å². The van der Waals surface area contributed by atoms with Crippen LogP contribution in [0.2, 0.25) is 0 Å². The fraction of sp³-hybridized carbons (Fsp3) is 0.647. The molecule has 23 heavy (non-hydrogen) atoms. The van der Waals surface area contributed by atoms with Crippen LogP contribution in [0.5, 0.6) is 0 Å². The number of hydrogen-bond acceptors (Lipinski definition) is 4. The van der Waals surface area contributed by atoms with Gasteiger partial charge in [0, 0.05) is 25.2 Å². The zero-order chi connectivity index (χ0) is 16.0. The first-order chi connectivity index (χ1) is 11.0. The van der Waals surface area contributed by atoms with E-state index in [1.54, 1.807) is 12.1 Å². The molecule has 0 radical (unpaired) electrons. The van der Waals surface area contributed by atoms with Crippen LogP contribution in [0.1, 0.15) is 24.8 Å². The van der Waals surface area contributed by atoms with E-state index >= 15 is 0 Å². The molecule has 2 saturated heterocycles. The molecule has 6 heteroatoms. The number of nitrogens with one attached hydrogen (secondary N) is 1. The van der Waals surface area contributed by atoms with Crippen LogP contribution in [0.4, 0.5) is 0 Å². The lowest BCUT2D eigenvalue weighted by molar-refractivity contribution is -0.0581. The standard InChI is InChI=1S/C17H24N2O3S/c1-12-2-6-16(7-3-12)23(20,21)18-14-8-15-11-22-17(13-4-5-13)10-19(15)9-14/h2-3,6-7,13-15,17-18H,4-5,8-11H2,1H3/t14-,15-,17+/m0/s1. The molecule has 1 aromatic rings. The average molecular weight is 336 g/mol. The van der Waals surface area contributed by atoms with E-state index in [9.17, 15) is 8.42 Å². The van der Waals surface area contributed by atoms with Crippen LogP contribution in [0.15, 0.2) is 29.2 Å². The van der Waals surface area contributed by atoms with Crippen molar-refractivity contribution in [2.24, 2.45) is 5.92 Å². The van der Waals surface area contributed by atoms with Gasteiger partial charge < -0.3 is 4.74 Å². The second-order valence-corrected chi connectivity index (χ2v) is 8.90. The first-order valence-corrected chi connectivity index (χ1v) is 9.94. The van der Waals surface area contributed by atoms with Crippen LogP contribution in [-0.4, -0.2) is 51.2 Å². The van der Waals surface area contributed by atoms with Crippen LogP contribution in [0.25, 0.3) is 0 Å². The van der Waals surface area contributed by atoms with Crippen LogP contribution in [0.3, 0.4) is 0 Å². The molecule has 0 amide bonds. The SMILES string of the molecule is Cc1ccc(S(=O)(=O)N[C@H]2C[C@H]3CO[C@@H](C4CC4)CN3C2)cc1. The summed E-state index contributed by atoms with van der Waals surface area (Å²) in [5, 5.41) is 0. The van der Waals surface area contributed by atoms with Gasteiger partial charge in [-0.2, -0.15) is 0 Å². The minimum absolute atomic E-state index is 0.0205. The van der Waals surface area contributed by atoms with Gasteiger partial charge in [0.1, 0.15) is 0 Å². The first kappa shape index (κ1) is 15.6. The third kappa shape index (κ3) is 3.31. The number of nitrogens with zero attached hydrogens (tertiary/aromatic N) is 1. The third-order valence-corrected chi connectivity index (χ3v) is 6.78. The highest BCUT2D eigenvalue weighted by atomic mass is 32.2. The molecule has 0 unspecified atom stereocenters. The monoisotopic (exact) mass is 336 g/mol. The van der Waals surface area contributed by atoms with Gasteiger partial charge in [-0.15, -0.1) is 0 Å². The molecule has 1 saturated carbocycles. The Morgan fingerprint density at radius 1 is 1.17 bits per heavy atom. The minimum atomic E-state index is -3.44. The van der Waals surface area contributed by atoms with Crippen molar-refractivity contribution < 1.29 is 13.2 Å². The maximum atomic E-state index is 12.5. The summed E-state index contributed by atoms with van der Waals surface area (Å²) in [5.74, 6) is 0.735. The van der Waals surface area contributed by atoms with Crippen LogP contribution < -0.4 is 4.72 Å². The summed E-state index contributed by atoms with van der Waals surface area (Å²) in [6, 6.07) is 7.35. The molecule has 0 aromatic heterocycles. The zero-order valence-corrected chi connectivity index (χ0v) is 14.3. The Labute approximate surface area is 138 Å². The summed E-state index contributed by atoms with van der Waals surface area (Å²) in [4.78, 5) is 2.76.